The summed E-state index contributed by atoms with van der Waals surface area (Å²) in [5, 5.41) is 0.555. The SMILES string of the molecule is CCN(Cc1cccc(Cl)c1Cl)C(=O)c1cnc(OC)cc1C(F)(F)F. The number of methoxy groups -OCH3 is 1. The number of rotatable bonds is 5. The predicted molar refractivity (Wildman–Crippen MR) is 92.7 cm³/mol. The van der Waals surface area contributed by atoms with Crippen LogP contribution in [0.4, 0.5) is 13.2 Å². The van der Waals surface area contributed by atoms with Gasteiger partial charge in [-0.3, -0.25) is 4.79 Å². The number of ether oxygens (including phenoxy) is 1. The fraction of sp³-hybridized carbons (Fsp3) is 0.294. The van der Waals surface area contributed by atoms with Crippen LogP contribution in [0.2, 0.25) is 10.0 Å². The maximum Gasteiger partial charge on any atom is 0.417 e. The van der Waals surface area contributed by atoms with Crippen LogP contribution in [0.5, 0.6) is 5.88 Å². The Morgan fingerprint density at radius 2 is 2.00 bits per heavy atom. The Morgan fingerprint density at radius 3 is 2.58 bits per heavy atom. The molecule has 0 bridgehead atoms. The molecule has 1 aromatic heterocycles. The fourth-order valence-corrected chi connectivity index (χ4v) is 2.71. The summed E-state index contributed by atoms with van der Waals surface area (Å²) in [4.78, 5) is 17.7. The van der Waals surface area contributed by atoms with Gasteiger partial charge in [0, 0.05) is 25.4 Å². The molecule has 2 rings (SSSR count). The second-order valence-electron chi connectivity index (χ2n) is 5.30. The third-order valence-corrected chi connectivity index (χ3v) is 4.54. The molecule has 0 radical (unpaired) electrons. The number of hydrogen-bond acceptors (Lipinski definition) is 3. The maximum absolute atomic E-state index is 13.3. The number of hydrogen-bond donors (Lipinski definition) is 0. The Morgan fingerprint density at radius 1 is 1.31 bits per heavy atom. The molecule has 0 aliphatic carbocycles. The first-order valence-corrected chi connectivity index (χ1v) is 8.28. The standard InChI is InChI=1S/C17H15Cl2F3N2O2/c1-3-24(9-10-5-4-6-13(18)15(10)19)16(25)11-8-23-14(26-2)7-12(11)17(20,21)22/h4-8H,3,9H2,1-2H3. The fourth-order valence-electron chi connectivity index (χ4n) is 2.33. The molecule has 0 saturated heterocycles. The van der Waals surface area contributed by atoms with Crippen LogP contribution in [-0.4, -0.2) is 29.4 Å². The van der Waals surface area contributed by atoms with Crippen molar-refractivity contribution < 1.29 is 22.7 Å². The zero-order valence-corrected chi connectivity index (χ0v) is 15.4. The summed E-state index contributed by atoms with van der Waals surface area (Å²) >= 11 is 12.1. The molecular weight excluding hydrogens is 392 g/mol. The number of alkyl halides is 3. The van der Waals surface area contributed by atoms with Gasteiger partial charge in [-0.05, 0) is 18.6 Å². The van der Waals surface area contributed by atoms with Crippen molar-refractivity contribution in [2.45, 2.75) is 19.6 Å². The number of carbonyl (C=O) groups excluding carboxylic acids is 1. The molecule has 140 valence electrons. The molecule has 26 heavy (non-hydrogen) atoms. The first-order valence-electron chi connectivity index (χ1n) is 7.52. The van der Waals surface area contributed by atoms with E-state index in [1.807, 2.05) is 0 Å². The molecular formula is C17H15Cl2F3N2O2. The molecule has 0 spiro atoms. The highest BCUT2D eigenvalue weighted by atomic mass is 35.5. The van der Waals surface area contributed by atoms with E-state index < -0.39 is 23.2 Å². The van der Waals surface area contributed by atoms with E-state index >= 15 is 0 Å². The first-order chi connectivity index (χ1) is 12.2. The van der Waals surface area contributed by atoms with E-state index in [0.717, 1.165) is 6.20 Å². The maximum atomic E-state index is 13.3. The van der Waals surface area contributed by atoms with Gasteiger partial charge in [0.1, 0.15) is 0 Å². The number of benzene rings is 1. The van der Waals surface area contributed by atoms with Crippen molar-refractivity contribution in [3.63, 3.8) is 0 Å². The van der Waals surface area contributed by atoms with Crippen LogP contribution in [-0.2, 0) is 12.7 Å². The van der Waals surface area contributed by atoms with Crippen molar-refractivity contribution in [1.29, 1.82) is 0 Å². The van der Waals surface area contributed by atoms with E-state index in [-0.39, 0.29) is 24.0 Å². The zero-order valence-electron chi connectivity index (χ0n) is 13.9. The van der Waals surface area contributed by atoms with Gasteiger partial charge in [0.05, 0.1) is 28.3 Å². The molecule has 2 aromatic rings. The molecule has 9 heteroatoms. The number of pyridine rings is 1. The molecule has 1 amide bonds. The molecule has 4 nitrogen and oxygen atoms in total. The van der Waals surface area contributed by atoms with Crippen LogP contribution < -0.4 is 4.74 Å². The summed E-state index contributed by atoms with van der Waals surface area (Å²) in [5.41, 5.74) is -1.13. The second-order valence-corrected chi connectivity index (χ2v) is 6.09. The monoisotopic (exact) mass is 406 g/mol. The van der Waals surface area contributed by atoms with Crippen molar-refractivity contribution in [3.8, 4) is 5.88 Å². The average molecular weight is 407 g/mol. The van der Waals surface area contributed by atoms with Crippen LogP contribution >= 0.6 is 23.2 Å². The number of halogens is 5. The van der Waals surface area contributed by atoms with Gasteiger partial charge in [0.25, 0.3) is 5.91 Å². The van der Waals surface area contributed by atoms with Crippen LogP contribution in [0.25, 0.3) is 0 Å². The van der Waals surface area contributed by atoms with Gasteiger partial charge in [-0.25, -0.2) is 4.98 Å². The third kappa shape index (κ3) is 4.40. The van der Waals surface area contributed by atoms with E-state index in [2.05, 4.69) is 4.98 Å². The van der Waals surface area contributed by atoms with Crippen molar-refractivity contribution >= 4 is 29.1 Å². The van der Waals surface area contributed by atoms with Gasteiger partial charge in [0.15, 0.2) is 0 Å². The Kier molecular flexibility index (Phi) is 6.36. The van der Waals surface area contributed by atoms with E-state index in [1.165, 1.54) is 12.0 Å². The highest BCUT2D eigenvalue weighted by molar-refractivity contribution is 6.42. The van der Waals surface area contributed by atoms with Crippen LogP contribution in [0.1, 0.15) is 28.4 Å². The van der Waals surface area contributed by atoms with E-state index in [1.54, 1.807) is 25.1 Å². The first kappa shape index (κ1) is 20.3. The van der Waals surface area contributed by atoms with Gasteiger partial charge >= 0.3 is 6.18 Å². The normalized spacial score (nSPS) is 11.3. The largest absolute Gasteiger partial charge is 0.481 e. The lowest BCUT2D eigenvalue weighted by Crippen LogP contribution is -2.32. The summed E-state index contributed by atoms with van der Waals surface area (Å²) in [6, 6.07) is 5.59. The molecule has 0 saturated carbocycles. The molecule has 1 aromatic carbocycles. The highest BCUT2D eigenvalue weighted by Crippen LogP contribution is 2.34. The summed E-state index contributed by atoms with van der Waals surface area (Å²) in [6.07, 6.45) is -3.86. The quantitative estimate of drug-likeness (QED) is 0.695. The van der Waals surface area contributed by atoms with E-state index in [4.69, 9.17) is 27.9 Å². The summed E-state index contributed by atoms with van der Waals surface area (Å²) < 4.78 is 44.8. The molecule has 0 aliphatic heterocycles. The molecule has 0 unspecified atom stereocenters. The summed E-state index contributed by atoms with van der Waals surface area (Å²) in [5.74, 6) is -1.04. The number of carbonyl (C=O) groups is 1. The lowest BCUT2D eigenvalue weighted by atomic mass is 10.1. The van der Waals surface area contributed by atoms with E-state index in [9.17, 15) is 18.0 Å². The van der Waals surface area contributed by atoms with Crippen LogP contribution in [0, 0.1) is 0 Å². The Balaban J connectivity index is 2.41. The third-order valence-electron chi connectivity index (χ3n) is 3.69. The minimum Gasteiger partial charge on any atom is -0.481 e. The van der Waals surface area contributed by atoms with Crippen LogP contribution in [0.15, 0.2) is 30.5 Å². The molecule has 0 N–H and O–H groups in total. The van der Waals surface area contributed by atoms with Gasteiger partial charge in [0.2, 0.25) is 5.88 Å². The van der Waals surface area contributed by atoms with Gasteiger partial charge in [-0.1, -0.05) is 35.3 Å². The topological polar surface area (TPSA) is 42.4 Å². The van der Waals surface area contributed by atoms with Crippen molar-refractivity contribution in [1.82, 2.24) is 9.88 Å². The number of aromatic nitrogens is 1. The lowest BCUT2D eigenvalue weighted by molar-refractivity contribution is -0.138. The summed E-state index contributed by atoms with van der Waals surface area (Å²) in [7, 11) is 1.20. The number of nitrogens with zero attached hydrogens (tertiary/aromatic N) is 2. The molecule has 0 fully saturated rings. The molecule has 0 aliphatic rings. The molecule has 0 atom stereocenters. The number of amides is 1. The lowest BCUT2D eigenvalue weighted by Gasteiger charge is -2.23. The van der Waals surface area contributed by atoms with Gasteiger partial charge in [-0.2, -0.15) is 13.2 Å². The average Bonchev–Trinajstić information content (AvgIpc) is 2.61. The smallest absolute Gasteiger partial charge is 0.417 e. The predicted octanol–water partition coefficient (Wildman–Crippen LogP) is 5.08. The molecule has 1 heterocycles. The van der Waals surface area contributed by atoms with E-state index in [0.29, 0.717) is 16.7 Å². The van der Waals surface area contributed by atoms with Gasteiger partial charge < -0.3 is 9.64 Å². The minimum atomic E-state index is -4.73. The van der Waals surface area contributed by atoms with Crippen molar-refractivity contribution in [2.75, 3.05) is 13.7 Å². The zero-order chi connectivity index (χ0) is 19.5. The summed E-state index contributed by atoms with van der Waals surface area (Å²) in [6.45, 7) is 1.84. The van der Waals surface area contributed by atoms with Crippen molar-refractivity contribution in [2.24, 2.45) is 0 Å². The van der Waals surface area contributed by atoms with Gasteiger partial charge in [-0.15, -0.1) is 0 Å². The highest BCUT2D eigenvalue weighted by Gasteiger charge is 2.37. The minimum absolute atomic E-state index is 0.0120. The van der Waals surface area contributed by atoms with Crippen LogP contribution in [0.3, 0.4) is 0 Å². The Labute approximate surface area is 158 Å². The van der Waals surface area contributed by atoms with Crippen molar-refractivity contribution in [3.05, 3.63) is 57.2 Å². The Bertz CT molecular complexity index is 813. The second kappa shape index (κ2) is 8.14. The Hall–Kier alpha value is -1.99.